The number of nitrogens with one attached hydrogen (secondary N) is 1. The molecule has 0 spiro atoms. The van der Waals surface area contributed by atoms with Crippen LogP contribution in [0.2, 0.25) is 0 Å². The second kappa shape index (κ2) is 3.23. The van der Waals surface area contributed by atoms with Crippen LogP contribution in [0.1, 0.15) is 33.6 Å². The highest BCUT2D eigenvalue weighted by atomic mass is 16.2. The summed E-state index contributed by atoms with van der Waals surface area (Å²) in [5, 5.41) is 1.82. The van der Waals surface area contributed by atoms with Crippen LogP contribution in [0.15, 0.2) is 0 Å². The zero-order chi connectivity index (χ0) is 10.3. The number of hydrogen-bond acceptors (Lipinski definition) is 2. The fourth-order valence-corrected chi connectivity index (χ4v) is 2.34. The molecular formula is C11H20N2O. The largest absolute Gasteiger partial charge is 0.278 e. The number of amides is 1. The maximum atomic E-state index is 11.9. The molecule has 2 rings (SSSR count). The lowest BCUT2D eigenvalue weighted by Gasteiger charge is -2.20. The highest BCUT2D eigenvalue weighted by Gasteiger charge is 2.50. The summed E-state index contributed by atoms with van der Waals surface area (Å²) in [6.45, 7) is 8.53. The molecule has 1 saturated carbocycles. The van der Waals surface area contributed by atoms with Crippen LogP contribution in [0.3, 0.4) is 0 Å². The second-order valence-corrected chi connectivity index (χ2v) is 5.57. The molecule has 1 amide bonds. The Balaban J connectivity index is 1.90. The topological polar surface area (TPSA) is 32.3 Å². The minimum absolute atomic E-state index is 0.292. The number of hydrogen-bond donors (Lipinski definition) is 1. The van der Waals surface area contributed by atoms with Gasteiger partial charge in [0.1, 0.15) is 0 Å². The van der Waals surface area contributed by atoms with Gasteiger partial charge >= 0.3 is 0 Å². The molecule has 80 valence electrons. The van der Waals surface area contributed by atoms with Crippen LogP contribution in [0, 0.1) is 17.3 Å². The molecule has 3 heteroatoms. The Kier molecular flexibility index (Phi) is 2.30. The van der Waals surface area contributed by atoms with Crippen molar-refractivity contribution in [3.05, 3.63) is 0 Å². The Morgan fingerprint density at radius 2 is 2.14 bits per heavy atom. The standard InChI is InChI=1S/C11H20N2O/c1-11(2,3)9-7-8(9)10(14)13-6-4-5-12-13/h8-9,12H,4-7H2,1-3H3. The van der Waals surface area contributed by atoms with Gasteiger partial charge in [0.2, 0.25) is 5.91 Å². The summed E-state index contributed by atoms with van der Waals surface area (Å²) in [4.78, 5) is 11.9. The highest BCUT2D eigenvalue weighted by molar-refractivity contribution is 5.81. The van der Waals surface area contributed by atoms with E-state index in [9.17, 15) is 4.79 Å². The maximum absolute atomic E-state index is 11.9. The Morgan fingerprint density at radius 3 is 2.57 bits per heavy atom. The molecule has 2 aliphatic rings. The van der Waals surface area contributed by atoms with Gasteiger partial charge in [-0.25, -0.2) is 5.43 Å². The van der Waals surface area contributed by atoms with Gasteiger partial charge in [0.05, 0.1) is 0 Å². The van der Waals surface area contributed by atoms with Crippen LogP contribution in [-0.2, 0) is 4.79 Å². The van der Waals surface area contributed by atoms with Crippen molar-refractivity contribution in [1.82, 2.24) is 10.4 Å². The van der Waals surface area contributed by atoms with E-state index >= 15 is 0 Å². The summed E-state index contributed by atoms with van der Waals surface area (Å²) in [6, 6.07) is 0. The zero-order valence-corrected chi connectivity index (χ0v) is 9.34. The summed E-state index contributed by atoms with van der Waals surface area (Å²) < 4.78 is 0. The molecule has 1 aliphatic heterocycles. The van der Waals surface area contributed by atoms with Gasteiger partial charge < -0.3 is 0 Å². The summed E-state index contributed by atoms with van der Waals surface area (Å²) in [5.41, 5.74) is 3.43. The first-order valence-electron chi connectivity index (χ1n) is 5.55. The van der Waals surface area contributed by atoms with E-state index in [0.29, 0.717) is 23.2 Å². The molecule has 1 aliphatic carbocycles. The molecule has 1 N–H and O–H groups in total. The van der Waals surface area contributed by atoms with Gasteiger partial charge in [-0.2, -0.15) is 0 Å². The van der Waals surface area contributed by atoms with Gasteiger partial charge in [-0.05, 0) is 24.2 Å². The monoisotopic (exact) mass is 196 g/mol. The number of carbonyl (C=O) groups excluding carboxylic acids is 1. The van der Waals surface area contributed by atoms with Crippen molar-refractivity contribution in [3.8, 4) is 0 Å². The lowest BCUT2D eigenvalue weighted by atomic mass is 9.89. The molecular weight excluding hydrogens is 176 g/mol. The first-order valence-corrected chi connectivity index (χ1v) is 5.55. The van der Waals surface area contributed by atoms with Gasteiger partial charge in [-0.3, -0.25) is 9.80 Å². The average Bonchev–Trinajstić information content (AvgIpc) is 2.72. The predicted molar refractivity (Wildman–Crippen MR) is 55.4 cm³/mol. The van der Waals surface area contributed by atoms with E-state index < -0.39 is 0 Å². The average molecular weight is 196 g/mol. The third kappa shape index (κ3) is 1.78. The first kappa shape index (κ1) is 9.97. The van der Waals surface area contributed by atoms with E-state index in [0.717, 1.165) is 25.9 Å². The molecule has 1 heterocycles. The quantitative estimate of drug-likeness (QED) is 0.687. The van der Waals surface area contributed by atoms with E-state index in [1.165, 1.54) is 0 Å². The fourth-order valence-electron chi connectivity index (χ4n) is 2.34. The van der Waals surface area contributed by atoms with Gasteiger partial charge in [-0.15, -0.1) is 0 Å². The van der Waals surface area contributed by atoms with Crippen LogP contribution in [-0.4, -0.2) is 24.0 Å². The fraction of sp³-hybridized carbons (Fsp3) is 0.909. The van der Waals surface area contributed by atoms with Crippen LogP contribution in [0.4, 0.5) is 0 Å². The van der Waals surface area contributed by atoms with Crippen molar-refractivity contribution in [2.24, 2.45) is 17.3 Å². The molecule has 2 fully saturated rings. The minimum Gasteiger partial charge on any atom is -0.278 e. The molecule has 1 saturated heterocycles. The molecule has 14 heavy (non-hydrogen) atoms. The van der Waals surface area contributed by atoms with Crippen molar-refractivity contribution in [2.75, 3.05) is 13.1 Å². The van der Waals surface area contributed by atoms with Crippen molar-refractivity contribution in [1.29, 1.82) is 0 Å². The highest BCUT2D eigenvalue weighted by Crippen LogP contribution is 2.51. The maximum Gasteiger partial charge on any atom is 0.240 e. The summed E-state index contributed by atoms with van der Waals surface area (Å²) in [6.07, 6.45) is 2.18. The molecule has 2 unspecified atom stereocenters. The smallest absolute Gasteiger partial charge is 0.240 e. The molecule has 2 atom stereocenters. The Morgan fingerprint density at radius 1 is 1.43 bits per heavy atom. The van der Waals surface area contributed by atoms with Gasteiger partial charge in [0.15, 0.2) is 0 Å². The van der Waals surface area contributed by atoms with E-state index in [1.54, 1.807) is 0 Å². The van der Waals surface area contributed by atoms with Crippen molar-refractivity contribution >= 4 is 5.91 Å². The Labute approximate surface area is 85.8 Å². The second-order valence-electron chi connectivity index (χ2n) is 5.57. The zero-order valence-electron chi connectivity index (χ0n) is 9.34. The van der Waals surface area contributed by atoms with Gasteiger partial charge in [0, 0.05) is 19.0 Å². The van der Waals surface area contributed by atoms with Gasteiger partial charge in [0.25, 0.3) is 0 Å². The Bertz CT molecular complexity index is 238. The number of carbonyl (C=O) groups is 1. The Hall–Kier alpha value is -0.570. The number of hydrazine groups is 1. The number of rotatable bonds is 1. The van der Waals surface area contributed by atoms with Crippen LogP contribution >= 0.6 is 0 Å². The SMILES string of the molecule is CC(C)(C)C1CC1C(=O)N1CCCN1. The van der Waals surface area contributed by atoms with E-state index in [4.69, 9.17) is 0 Å². The molecule has 0 aromatic carbocycles. The van der Waals surface area contributed by atoms with E-state index in [2.05, 4.69) is 26.2 Å². The van der Waals surface area contributed by atoms with Crippen LogP contribution in [0.25, 0.3) is 0 Å². The van der Waals surface area contributed by atoms with E-state index in [1.807, 2.05) is 5.01 Å². The van der Waals surface area contributed by atoms with Gasteiger partial charge in [-0.1, -0.05) is 20.8 Å². The molecule has 0 radical (unpaired) electrons. The molecule has 0 aromatic rings. The molecule has 0 bridgehead atoms. The van der Waals surface area contributed by atoms with Crippen LogP contribution < -0.4 is 5.43 Å². The third-order valence-corrected chi connectivity index (χ3v) is 3.35. The van der Waals surface area contributed by atoms with Crippen molar-refractivity contribution < 1.29 is 4.79 Å². The lowest BCUT2D eigenvalue weighted by molar-refractivity contribution is -0.134. The molecule has 0 aromatic heterocycles. The first-order chi connectivity index (χ1) is 6.50. The predicted octanol–water partition coefficient (Wildman–Crippen LogP) is 1.41. The van der Waals surface area contributed by atoms with Crippen molar-refractivity contribution in [2.45, 2.75) is 33.6 Å². The number of nitrogens with zero attached hydrogens (tertiary/aromatic N) is 1. The van der Waals surface area contributed by atoms with E-state index in [-0.39, 0.29) is 0 Å². The van der Waals surface area contributed by atoms with Crippen molar-refractivity contribution in [3.63, 3.8) is 0 Å². The summed E-state index contributed by atoms with van der Waals surface area (Å²) >= 11 is 0. The minimum atomic E-state index is 0.292. The third-order valence-electron chi connectivity index (χ3n) is 3.35. The normalized spacial score (nSPS) is 32.1. The summed E-state index contributed by atoms with van der Waals surface area (Å²) in [5.74, 6) is 1.21. The lowest BCUT2D eigenvalue weighted by Crippen LogP contribution is -2.38. The molecule has 3 nitrogen and oxygen atoms in total. The summed E-state index contributed by atoms with van der Waals surface area (Å²) in [7, 11) is 0. The van der Waals surface area contributed by atoms with Crippen LogP contribution in [0.5, 0.6) is 0 Å².